The molecule has 1 aromatic rings. The highest BCUT2D eigenvalue weighted by atomic mass is 16.5. The summed E-state index contributed by atoms with van der Waals surface area (Å²) in [5, 5.41) is 10.9. The summed E-state index contributed by atoms with van der Waals surface area (Å²) >= 11 is 0. The molecule has 0 saturated carbocycles. The van der Waals surface area contributed by atoms with Crippen LogP contribution in [0.15, 0.2) is 24.3 Å². The van der Waals surface area contributed by atoms with Crippen LogP contribution in [-0.2, 0) is 15.9 Å². The molecule has 1 N–H and O–H groups in total. The summed E-state index contributed by atoms with van der Waals surface area (Å²) in [5.41, 5.74) is 2.31. The summed E-state index contributed by atoms with van der Waals surface area (Å²) in [7, 11) is 0. The van der Waals surface area contributed by atoms with Crippen molar-refractivity contribution < 1.29 is 14.6 Å². The Bertz CT molecular complexity index is 460. The van der Waals surface area contributed by atoms with Crippen LogP contribution in [0.25, 0.3) is 0 Å². The van der Waals surface area contributed by atoms with E-state index in [0.29, 0.717) is 5.92 Å². The molecular formula is C18H26O3. The molecule has 3 heteroatoms. The number of hydrogen-bond acceptors (Lipinski definition) is 3. The lowest BCUT2D eigenvalue weighted by molar-refractivity contribution is -0.159. The fourth-order valence-electron chi connectivity index (χ4n) is 3.83. The molecule has 2 atom stereocenters. The first-order valence-electron chi connectivity index (χ1n) is 8.22. The van der Waals surface area contributed by atoms with Gasteiger partial charge < -0.3 is 14.6 Å². The maximum absolute atomic E-state index is 10.9. The van der Waals surface area contributed by atoms with Crippen LogP contribution < -0.4 is 0 Å². The van der Waals surface area contributed by atoms with Crippen molar-refractivity contribution in [3.8, 4) is 0 Å². The Morgan fingerprint density at radius 1 is 1.24 bits per heavy atom. The molecule has 2 heterocycles. The number of aliphatic hydroxyl groups excluding tert-OH is 1. The van der Waals surface area contributed by atoms with Crippen molar-refractivity contribution in [1.82, 2.24) is 0 Å². The van der Waals surface area contributed by atoms with Gasteiger partial charge in [-0.15, -0.1) is 0 Å². The molecule has 0 bridgehead atoms. The zero-order valence-electron chi connectivity index (χ0n) is 12.9. The Hall–Kier alpha value is -0.900. The second-order valence-electron chi connectivity index (χ2n) is 6.39. The first-order chi connectivity index (χ1) is 10.2. The molecule has 2 unspecified atom stereocenters. The molecule has 1 spiro atoms. The Morgan fingerprint density at radius 2 is 2.00 bits per heavy atom. The fraction of sp³-hybridized carbons (Fsp3) is 0.667. The highest BCUT2D eigenvalue weighted by Gasteiger charge is 2.41. The van der Waals surface area contributed by atoms with Gasteiger partial charge >= 0.3 is 0 Å². The van der Waals surface area contributed by atoms with Gasteiger partial charge in [0.1, 0.15) is 0 Å². The molecule has 3 nitrogen and oxygen atoms in total. The summed E-state index contributed by atoms with van der Waals surface area (Å²) in [5.74, 6) is 0.296. The number of aliphatic hydroxyl groups is 1. The van der Waals surface area contributed by atoms with Gasteiger partial charge in [0.2, 0.25) is 0 Å². The standard InChI is InChI=1S/C18H26O3/c1-2-14-5-3-4-6-16(14)17(19)15-7-10-21-18(13-15)8-11-20-12-9-18/h3-6,15,17,19H,2,7-13H2,1H3. The molecule has 2 aliphatic rings. The average Bonchev–Trinajstić information content (AvgIpc) is 2.55. The Labute approximate surface area is 127 Å². The molecule has 1 aromatic carbocycles. The topological polar surface area (TPSA) is 38.7 Å². The third-order valence-electron chi connectivity index (χ3n) is 5.14. The van der Waals surface area contributed by atoms with Crippen LogP contribution in [-0.4, -0.2) is 30.5 Å². The van der Waals surface area contributed by atoms with E-state index in [4.69, 9.17) is 9.47 Å². The van der Waals surface area contributed by atoms with E-state index in [-0.39, 0.29) is 11.7 Å². The van der Waals surface area contributed by atoms with E-state index in [9.17, 15) is 5.11 Å². The fourth-order valence-corrected chi connectivity index (χ4v) is 3.83. The Kier molecular flexibility index (Phi) is 4.63. The van der Waals surface area contributed by atoms with Gasteiger partial charge in [-0.05, 0) is 49.1 Å². The number of hydrogen-bond donors (Lipinski definition) is 1. The lowest BCUT2D eigenvalue weighted by atomic mass is 9.76. The highest BCUT2D eigenvalue weighted by molar-refractivity contribution is 5.29. The number of rotatable bonds is 3. The van der Waals surface area contributed by atoms with E-state index in [1.807, 2.05) is 6.07 Å². The normalized spacial score (nSPS) is 26.7. The van der Waals surface area contributed by atoms with Crippen molar-refractivity contribution in [2.24, 2.45) is 5.92 Å². The maximum atomic E-state index is 10.9. The zero-order valence-corrected chi connectivity index (χ0v) is 12.9. The monoisotopic (exact) mass is 290 g/mol. The third-order valence-corrected chi connectivity index (χ3v) is 5.14. The molecule has 2 saturated heterocycles. The van der Waals surface area contributed by atoms with Gasteiger partial charge in [0.15, 0.2) is 0 Å². The smallest absolute Gasteiger partial charge is 0.0822 e. The molecule has 0 radical (unpaired) electrons. The molecule has 0 amide bonds. The second kappa shape index (κ2) is 6.47. The lowest BCUT2D eigenvalue weighted by Gasteiger charge is -2.44. The molecule has 21 heavy (non-hydrogen) atoms. The zero-order chi connectivity index (χ0) is 14.7. The van der Waals surface area contributed by atoms with Crippen LogP contribution in [0.3, 0.4) is 0 Å². The maximum Gasteiger partial charge on any atom is 0.0822 e. The van der Waals surface area contributed by atoms with Crippen LogP contribution in [0.4, 0.5) is 0 Å². The van der Waals surface area contributed by atoms with Crippen molar-refractivity contribution in [3.05, 3.63) is 35.4 Å². The van der Waals surface area contributed by atoms with E-state index in [1.54, 1.807) is 0 Å². The summed E-state index contributed by atoms with van der Waals surface area (Å²) < 4.78 is 11.6. The third kappa shape index (κ3) is 3.15. The second-order valence-corrected chi connectivity index (χ2v) is 6.39. The van der Waals surface area contributed by atoms with Gasteiger partial charge in [0.05, 0.1) is 11.7 Å². The predicted octanol–water partition coefficient (Wildman–Crippen LogP) is 3.26. The van der Waals surface area contributed by atoms with Gasteiger partial charge in [-0.2, -0.15) is 0 Å². The van der Waals surface area contributed by atoms with E-state index in [2.05, 4.69) is 25.1 Å². The molecule has 0 aromatic heterocycles. The summed E-state index contributed by atoms with van der Waals surface area (Å²) in [6, 6.07) is 8.29. The first-order valence-corrected chi connectivity index (χ1v) is 8.22. The van der Waals surface area contributed by atoms with Gasteiger partial charge in [0.25, 0.3) is 0 Å². The van der Waals surface area contributed by atoms with Crippen LogP contribution in [0, 0.1) is 5.92 Å². The minimum absolute atomic E-state index is 0.0523. The van der Waals surface area contributed by atoms with Gasteiger partial charge in [-0.1, -0.05) is 31.2 Å². The molecule has 2 aliphatic heterocycles. The molecule has 0 aliphatic carbocycles. The van der Waals surface area contributed by atoms with Gasteiger partial charge in [-0.25, -0.2) is 0 Å². The van der Waals surface area contributed by atoms with Gasteiger partial charge in [-0.3, -0.25) is 0 Å². The van der Waals surface area contributed by atoms with Crippen LogP contribution >= 0.6 is 0 Å². The number of ether oxygens (including phenoxy) is 2. The summed E-state index contributed by atoms with van der Waals surface area (Å²) in [6.07, 6.45) is 4.43. The summed E-state index contributed by atoms with van der Waals surface area (Å²) in [4.78, 5) is 0. The largest absolute Gasteiger partial charge is 0.388 e. The van der Waals surface area contributed by atoms with Crippen molar-refractivity contribution in [3.63, 3.8) is 0 Å². The molecular weight excluding hydrogens is 264 g/mol. The number of aryl methyl sites for hydroxylation is 1. The van der Waals surface area contributed by atoms with E-state index in [0.717, 1.165) is 57.5 Å². The van der Waals surface area contributed by atoms with Crippen molar-refractivity contribution in [2.45, 2.75) is 50.7 Å². The SMILES string of the molecule is CCc1ccccc1C(O)C1CCOC2(CCOCC2)C1. The molecule has 3 rings (SSSR count). The van der Waals surface area contributed by atoms with Crippen molar-refractivity contribution >= 4 is 0 Å². The predicted molar refractivity (Wildman–Crippen MR) is 82.2 cm³/mol. The van der Waals surface area contributed by atoms with Gasteiger partial charge in [0, 0.05) is 19.8 Å². The van der Waals surface area contributed by atoms with E-state index in [1.165, 1.54) is 5.56 Å². The number of benzene rings is 1. The van der Waals surface area contributed by atoms with Crippen LogP contribution in [0.1, 0.15) is 49.8 Å². The minimum Gasteiger partial charge on any atom is -0.388 e. The Morgan fingerprint density at radius 3 is 2.76 bits per heavy atom. The van der Waals surface area contributed by atoms with Crippen molar-refractivity contribution in [2.75, 3.05) is 19.8 Å². The summed E-state index contributed by atoms with van der Waals surface area (Å²) in [6.45, 7) is 4.48. The highest BCUT2D eigenvalue weighted by Crippen LogP contribution is 2.42. The van der Waals surface area contributed by atoms with E-state index >= 15 is 0 Å². The van der Waals surface area contributed by atoms with Crippen LogP contribution in [0.2, 0.25) is 0 Å². The van der Waals surface area contributed by atoms with Crippen molar-refractivity contribution in [1.29, 1.82) is 0 Å². The molecule has 116 valence electrons. The molecule has 2 fully saturated rings. The Balaban J connectivity index is 1.76. The lowest BCUT2D eigenvalue weighted by Crippen LogP contribution is -2.45. The minimum atomic E-state index is -0.371. The first kappa shape index (κ1) is 15.0. The average molecular weight is 290 g/mol. The van der Waals surface area contributed by atoms with Crippen LogP contribution in [0.5, 0.6) is 0 Å². The van der Waals surface area contributed by atoms with E-state index < -0.39 is 0 Å². The quantitative estimate of drug-likeness (QED) is 0.928.